The zero-order valence-corrected chi connectivity index (χ0v) is 20.3. The van der Waals surface area contributed by atoms with Gasteiger partial charge in [-0.25, -0.2) is 13.2 Å². The zero-order valence-electron chi connectivity index (χ0n) is 19.5. The largest absolute Gasteiger partial charge is 0.446 e. The molecule has 2 fully saturated rings. The van der Waals surface area contributed by atoms with Gasteiger partial charge in [-0.2, -0.15) is 5.10 Å². The molecule has 1 saturated heterocycles. The van der Waals surface area contributed by atoms with Gasteiger partial charge in [0.2, 0.25) is 5.91 Å². The molecule has 1 aromatic heterocycles. The average Bonchev–Trinajstić information content (AvgIpc) is 3.25. The minimum Gasteiger partial charge on any atom is -0.446 e. The van der Waals surface area contributed by atoms with Crippen molar-refractivity contribution in [3.8, 4) is 11.1 Å². The first-order valence-corrected chi connectivity index (χ1v) is 13.7. The summed E-state index contributed by atoms with van der Waals surface area (Å²) in [4.78, 5) is 28.8. The summed E-state index contributed by atoms with van der Waals surface area (Å²) in [6.07, 6.45) is 7.25. The summed E-state index contributed by atoms with van der Waals surface area (Å²) in [5.41, 5.74) is 3.07. The molecule has 1 saturated carbocycles. The van der Waals surface area contributed by atoms with Crippen LogP contribution in [-0.2, 0) is 19.4 Å². The molecule has 3 aliphatic rings. The summed E-state index contributed by atoms with van der Waals surface area (Å²) in [6, 6.07) is 5.59. The summed E-state index contributed by atoms with van der Waals surface area (Å²) in [5, 5.41) is 4.50. The van der Waals surface area contributed by atoms with Crippen LogP contribution >= 0.6 is 0 Å². The SMILES string of the molecule is CC(=O)N1c2ccc(-c3cnn(C4CCS(=O)(=O)CC4)c3)cc2N(C(=O)OC2CCC2)C[C@@H]1C. The molecule has 5 rings (SSSR count). The summed E-state index contributed by atoms with van der Waals surface area (Å²) in [5.74, 6) is 0.291. The highest BCUT2D eigenvalue weighted by Gasteiger charge is 2.36. The van der Waals surface area contributed by atoms with E-state index in [1.165, 1.54) is 6.92 Å². The van der Waals surface area contributed by atoms with Crippen LogP contribution in [0.3, 0.4) is 0 Å². The minimum absolute atomic E-state index is 0.0298. The number of ether oxygens (including phenoxy) is 1. The molecule has 182 valence electrons. The van der Waals surface area contributed by atoms with Crippen LogP contribution in [0.4, 0.5) is 16.2 Å². The van der Waals surface area contributed by atoms with Gasteiger partial charge in [0.1, 0.15) is 15.9 Å². The van der Waals surface area contributed by atoms with Crippen molar-refractivity contribution in [2.24, 2.45) is 0 Å². The van der Waals surface area contributed by atoms with E-state index in [1.807, 2.05) is 36.0 Å². The van der Waals surface area contributed by atoms with Gasteiger partial charge in [-0.3, -0.25) is 14.4 Å². The van der Waals surface area contributed by atoms with Gasteiger partial charge in [0, 0.05) is 25.2 Å². The summed E-state index contributed by atoms with van der Waals surface area (Å²) in [7, 11) is -2.94. The second-order valence-electron chi connectivity index (χ2n) is 9.58. The molecule has 2 amide bonds. The van der Waals surface area contributed by atoms with Gasteiger partial charge in [0.15, 0.2) is 0 Å². The van der Waals surface area contributed by atoms with E-state index in [2.05, 4.69) is 5.10 Å². The number of rotatable bonds is 3. The Morgan fingerprint density at radius 1 is 1.06 bits per heavy atom. The highest BCUT2D eigenvalue weighted by molar-refractivity contribution is 7.91. The van der Waals surface area contributed by atoms with Crippen LogP contribution < -0.4 is 9.80 Å². The van der Waals surface area contributed by atoms with E-state index >= 15 is 0 Å². The quantitative estimate of drug-likeness (QED) is 0.658. The Labute approximate surface area is 199 Å². The normalized spacial score (nSPS) is 22.7. The lowest BCUT2D eigenvalue weighted by Crippen LogP contribution is -2.52. The average molecular weight is 487 g/mol. The topological polar surface area (TPSA) is 102 Å². The van der Waals surface area contributed by atoms with Gasteiger partial charge in [-0.15, -0.1) is 0 Å². The van der Waals surface area contributed by atoms with Crippen LogP contribution in [0.1, 0.15) is 52.0 Å². The Bertz CT molecular complexity index is 1210. The smallest absolute Gasteiger partial charge is 0.414 e. The monoisotopic (exact) mass is 486 g/mol. The number of fused-ring (bicyclic) bond motifs is 1. The third-order valence-corrected chi connectivity index (χ3v) is 8.84. The molecule has 1 atom stereocenters. The number of anilines is 2. The number of hydrogen-bond donors (Lipinski definition) is 0. The molecule has 0 N–H and O–H groups in total. The Morgan fingerprint density at radius 2 is 1.79 bits per heavy atom. The fourth-order valence-corrected chi connectivity index (χ4v) is 6.45. The fourth-order valence-electron chi connectivity index (χ4n) is 4.98. The second kappa shape index (κ2) is 8.72. The zero-order chi connectivity index (χ0) is 24.0. The summed E-state index contributed by atoms with van der Waals surface area (Å²) < 4.78 is 31.1. The minimum atomic E-state index is -2.94. The van der Waals surface area contributed by atoms with Crippen molar-refractivity contribution in [2.45, 2.75) is 64.1 Å². The van der Waals surface area contributed by atoms with E-state index in [-0.39, 0.29) is 41.7 Å². The van der Waals surface area contributed by atoms with Gasteiger partial charge >= 0.3 is 6.09 Å². The van der Waals surface area contributed by atoms with Crippen LogP contribution in [0.2, 0.25) is 0 Å². The number of sulfone groups is 1. The van der Waals surface area contributed by atoms with Crippen LogP contribution in [0, 0.1) is 0 Å². The van der Waals surface area contributed by atoms with Gasteiger partial charge in [0.25, 0.3) is 0 Å². The van der Waals surface area contributed by atoms with Crippen LogP contribution in [0.5, 0.6) is 0 Å². The molecule has 0 spiro atoms. The Kier molecular flexibility index (Phi) is 5.87. The van der Waals surface area contributed by atoms with Crippen LogP contribution in [0.25, 0.3) is 11.1 Å². The maximum absolute atomic E-state index is 13.0. The predicted molar refractivity (Wildman–Crippen MR) is 129 cm³/mol. The molecule has 2 aromatic rings. The van der Waals surface area contributed by atoms with E-state index in [0.29, 0.717) is 30.8 Å². The lowest BCUT2D eigenvalue weighted by atomic mass is 9.96. The first-order chi connectivity index (χ1) is 16.2. The van der Waals surface area contributed by atoms with Crippen molar-refractivity contribution in [3.63, 3.8) is 0 Å². The molecular weight excluding hydrogens is 456 g/mol. The van der Waals surface area contributed by atoms with Crippen molar-refractivity contribution in [2.75, 3.05) is 27.9 Å². The maximum Gasteiger partial charge on any atom is 0.414 e. The van der Waals surface area contributed by atoms with E-state index in [1.54, 1.807) is 16.0 Å². The first-order valence-electron chi connectivity index (χ1n) is 11.9. The Morgan fingerprint density at radius 3 is 2.44 bits per heavy atom. The van der Waals surface area contributed by atoms with Gasteiger partial charge in [-0.1, -0.05) is 6.07 Å². The highest BCUT2D eigenvalue weighted by Crippen LogP contribution is 2.40. The molecule has 1 aliphatic carbocycles. The van der Waals surface area contributed by atoms with Crippen molar-refractivity contribution >= 4 is 33.2 Å². The molecule has 2 aliphatic heterocycles. The molecule has 10 heteroatoms. The van der Waals surface area contributed by atoms with Gasteiger partial charge in [-0.05, 0) is 56.7 Å². The number of carbonyl (C=O) groups is 2. The Hall–Kier alpha value is -2.88. The van der Waals surface area contributed by atoms with Crippen LogP contribution in [-0.4, -0.2) is 60.4 Å². The van der Waals surface area contributed by atoms with E-state index in [9.17, 15) is 18.0 Å². The van der Waals surface area contributed by atoms with Crippen molar-refractivity contribution < 1.29 is 22.7 Å². The van der Waals surface area contributed by atoms with E-state index in [0.717, 1.165) is 30.4 Å². The molecule has 0 unspecified atom stereocenters. The molecule has 1 aromatic carbocycles. The van der Waals surface area contributed by atoms with Gasteiger partial charge < -0.3 is 9.64 Å². The second-order valence-corrected chi connectivity index (χ2v) is 11.9. The molecule has 34 heavy (non-hydrogen) atoms. The number of hydrogen-bond acceptors (Lipinski definition) is 6. The molecule has 0 radical (unpaired) electrons. The number of nitrogens with zero attached hydrogens (tertiary/aromatic N) is 4. The number of carbonyl (C=O) groups excluding carboxylic acids is 2. The maximum atomic E-state index is 13.0. The molecular formula is C24H30N4O5S. The Balaban J connectivity index is 1.45. The highest BCUT2D eigenvalue weighted by atomic mass is 32.2. The summed E-state index contributed by atoms with van der Waals surface area (Å²) in [6.45, 7) is 3.82. The number of benzene rings is 1. The lowest BCUT2D eigenvalue weighted by Gasteiger charge is -2.41. The van der Waals surface area contributed by atoms with Crippen molar-refractivity contribution in [3.05, 3.63) is 30.6 Å². The number of aromatic nitrogens is 2. The lowest BCUT2D eigenvalue weighted by molar-refractivity contribution is -0.117. The molecule has 0 bridgehead atoms. The summed E-state index contributed by atoms with van der Waals surface area (Å²) >= 11 is 0. The predicted octanol–water partition coefficient (Wildman–Crippen LogP) is 3.55. The third kappa shape index (κ3) is 4.31. The van der Waals surface area contributed by atoms with E-state index in [4.69, 9.17) is 4.74 Å². The third-order valence-electron chi connectivity index (χ3n) is 7.13. The molecule has 3 heterocycles. The van der Waals surface area contributed by atoms with Gasteiger partial charge in [0.05, 0.1) is 41.2 Å². The van der Waals surface area contributed by atoms with Crippen LogP contribution in [0.15, 0.2) is 30.6 Å². The van der Waals surface area contributed by atoms with E-state index < -0.39 is 9.84 Å². The number of amides is 2. The van der Waals surface area contributed by atoms with Crippen molar-refractivity contribution in [1.29, 1.82) is 0 Å². The first kappa shape index (κ1) is 22.9. The standard InChI is InChI=1S/C24H30N4O5S/c1-16-14-26(24(30)33-21-4-3-5-21)23-12-18(6-7-22(23)28(16)17(2)29)19-13-25-27(15-19)20-8-10-34(31,32)11-9-20/h6-7,12-13,15-16,20-21H,3-5,8-11,14H2,1-2H3/t16-/m0/s1. The molecule has 9 nitrogen and oxygen atoms in total. The van der Waals surface area contributed by atoms with Crippen molar-refractivity contribution in [1.82, 2.24) is 9.78 Å². The fraction of sp³-hybridized carbons (Fsp3) is 0.542.